The highest BCUT2D eigenvalue weighted by atomic mass is 32.2. The molecule has 0 fully saturated rings. The highest BCUT2D eigenvalue weighted by molar-refractivity contribution is 8.14. The zero-order valence-electron chi connectivity index (χ0n) is 18.1. The Labute approximate surface area is 201 Å². The Morgan fingerprint density at radius 2 is 2.16 bits per heavy atom. The number of thiazole rings is 1. The number of aromatic nitrogens is 1. The molecule has 8 nitrogen and oxygen atoms in total. The number of amides is 2. The zero-order chi connectivity index (χ0) is 23.1. The van der Waals surface area contributed by atoms with Crippen LogP contribution in [0.2, 0.25) is 0 Å². The van der Waals surface area contributed by atoms with Crippen LogP contribution >= 0.6 is 35.7 Å². The molecule has 2 aliphatic heterocycles. The standard InChI is InChI=1S/C21H28N4O4S3/c1-12(2)18-21(28)29-13(5-3-4-7-30)9-16(26)22-10-17-23-15(11-32-17)20-24-14(6-8-31-20)19(27)25-18/h3,5,11-14,18,30H,4,6-10H2,1-2H3,(H,22,26)(H,25,27)/b5-3+/t13-,14+,18?/m1/s1. The molecule has 32 heavy (non-hydrogen) atoms. The summed E-state index contributed by atoms with van der Waals surface area (Å²) < 4.78 is 5.64. The highest BCUT2D eigenvalue weighted by Gasteiger charge is 2.32. The number of nitrogens with one attached hydrogen (secondary N) is 2. The lowest BCUT2D eigenvalue weighted by atomic mass is 10.0. The first-order valence-electron chi connectivity index (χ1n) is 10.6. The van der Waals surface area contributed by atoms with Gasteiger partial charge in [-0.25, -0.2) is 9.78 Å². The van der Waals surface area contributed by atoms with Gasteiger partial charge in [0.1, 0.15) is 33.9 Å². The smallest absolute Gasteiger partial charge is 0.329 e. The second-order valence-corrected chi connectivity index (χ2v) is 10.3. The first-order chi connectivity index (χ1) is 15.4. The fourth-order valence-electron chi connectivity index (χ4n) is 3.20. The van der Waals surface area contributed by atoms with Gasteiger partial charge in [0, 0.05) is 11.1 Å². The molecule has 3 heterocycles. The molecule has 4 bridgehead atoms. The molecule has 2 amide bonds. The largest absolute Gasteiger partial charge is 0.456 e. The quantitative estimate of drug-likeness (QED) is 0.335. The maximum atomic E-state index is 12.9. The number of fused-ring (bicyclic) bond motifs is 4. The fourth-order valence-corrected chi connectivity index (χ4v) is 5.13. The maximum absolute atomic E-state index is 12.9. The molecule has 3 rings (SSSR count). The number of hydrogen-bond acceptors (Lipinski definition) is 9. The Morgan fingerprint density at radius 3 is 2.91 bits per heavy atom. The summed E-state index contributed by atoms with van der Waals surface area (Å²) in [6, 6.07) is -1.41. The van der Waals surface area contributed by atoms with E-state index in [4.69, 9.17) is 4.74 Å². The number of thioether (sulfide) groups is 1. The van der Waals surface area contributed by atoms with Crippen LogP contribution in [0.4, 0.5) is 0 Å². The third kappa shape index (κ3) is 6.82. The second-order valence-electron chi connectivity index (χ2n) is 7.84. The minimum Gasteiger partial charge on any atom is -0.456 e. The lowest BCUT2D eigenvalue weighted by Crippen LogP contribution is -2.50. The number of rotatable bonds is 4. The summed E-state index contributed by atoms with van der Waals surface area (Å²) in [6.45, 7) is 3.96. The Balaban J connectivity index is 1.89. The molecule has 2 aliphatic rings. The lowest BCUT2D eigenvalue weighted by molar-refractivity contribution is -0.153. The van der Waals surface area contributed by atoms with Gasteiger partial charge in [0.15, 0.2) is 0 Å². The van der Waals surface area contributed by atoms with E-state index in [0.29, 0.717) is 29.3 Å². The highest BCUT2D eigenvalue weighted by Crippen LogP contribution is 2.24. The Hall–Kier alpha value is -1.85. The van der Waals surface area contributed by atoms with Gasteiger partial charge in [-0.05, 0) is 30.6 Å². The van der Waals surface area contributed by atoms with Crippen molar-refractivity contribution in [2.75, 3.05) is 11.5 Å². The van der Waals surface area contributed by atoms with Crippen LogP contribution < -0.4 is 10.6 Å². The topological polar surface area (TPSA) is 110 Å². The fraction of sp³-hybridized carbons (Fsp3) is 0.571. The Kier molecular flexibility index (Phi) is 9.18. The van der Waals surface area contributed by atoms with Gasteiger partial charge in [0.05, 0.1) is 13.0 Å². The van der Waals surface area contributed by atoms with Crippen molar-refractivity contribution in [1.82, 2.24) is 15.6 Å². The van der Waals surface area contributed by atoms with Crippen molar-refractivity contribution in [3.8, 4) is 0 Å². The van der Waals surface area contributed by atoms with Gasteiger partial charge in [-0.2, -0.15) is 12.6 Å². The molecule has 1 aromatic rings. The number of cyclic esters (lactones) is 1. The van der Waals surface area contributed by atoms with Gasteiger partial charge in [0.25, 0.3) is 0 Å². The summed E-state index contributed by atoms with van der Waals surface area (Å²) in [7, 11) is 0. The van der Waals surface area contributed by atoms with Crippen molar-refractivity contribution < 1.29 is 19.1 Å². The summed E-state index contributed by atoms with van der Waals surface area (Å²) in [5.41, 5.74) is 0.709. The van der Waals surface area contributed by atoms with E-state index in [9.17, 15) is 14.4 Å². The number of esters is 1. The monoisotopic (exact) mass is 496 g/mol. The molecule has 0 spiro atoms. The van der Waals surface area contributed by atoms with Gasteiger partial charge in [0.2, 0.25) is 11.8 Å². The molecular formula is C21H28N4O4S3. The van der Waals surface area contributed by atoms with Gasteiger partial charge < -0.3 is 15.4 Å². The molecule has 0 saturated heterocycles. The third-order valence-corrected chi connectivity index (χ3v) is 7.07. The van der Waals surface area contributed by atoms with Crippen LogP contribution in [0.3, 0.4) is 0 Å². The SMILES string of the molecule is CC(C)C1NC(=O)[C@@H]2CCSC(=N2)c2csc(n2)CNC(=O)C[C@@H](/C=C/CCS)OC1=O. The minimum absolute atomic E-state index is 0.0169. The zero-order valence-corrected chi connectivity index (χ0v) is 20.6. The Morgan fingerprint density at radius 1 is 1.34 bits per heavy atom. The van der Waals surface area contributed by atoms with Crippen molar-refractivity contribution in [2.24, 2.45) is 10.9 Å². The molecule has 11 heteroatoms. The minimum atomic E-state index is -0.835. The van der Waals surface area contributed by atoms with Crippen LogP contribution in [0.1, 0.15) is 43.8 Å². The van der Waals surface area contributed by atoms with Crippen LogP contribution in [0.25, 0.3) is 0 Å². The normalized spacial score (nSPS) is 25.3. The van der Waals surface area contributed by atoms with E-state index in [1.54, 1.807) is 17.8 Å². The number of ether oxygens (including phenoxy) is 1. The van der Waals surface area contributed by atoms with Crippen molar-refractivity contribution in [3.63, 3.8) is 0 Å². The van der Waals surface area contributed by atoms with E-state index in [1.807, 2.05) is 25.3 Å². The number of carbonyl (C=O) groups is 3. The first-order valence-corrected chi connectivity index (χ1v) is 13.1. The number of nitrogens with zero attached hydrogens (tertiary/aromatic N) is 2. The van der Waals surface area contributed by atoms with Crippen molar-refractivity contribution in [1.29, 1.82) is 0 Å². The van der Waals surface area contributed by atoms with Crippen LogP contribution in [-0.2, 0) is 25.7 Å². The number of thiol groups is 1. The van der Waals surface area contributed by atoms with Crippen LogP contribution in [0.5, 0.6) is 0 Å². The molecule has 3 atom stereocenters. The molecule has 0 radical (unpaired) electrons. The summed E-state index contributed by atoms with van der Waals surface area (Å²) >= 11 is 7.16. The predicted octanol–water partition coefficient (Wildman–Crippen LogP) is 2.34. The van der Waals surface area contributed by atoms with Gasteiger partial charge in [-0.1, -0.05) is 19.9 Å². The second kappa shape index (κ2) is 11.9. The average molecular weight is 497 g/mol. The summed E-state index contributed by atoms with van der Waals surface area (Å²) in [4.78, 5) is 47.6. The molecule has 1 unspecified atom stereocenters. The predicted molar refractivity (Wildman–Crippen MR) is 130 cm³/mol. The van der Waals surface area contributed by atoms with Gasteiger partial charge >= 0.3 is 5.97 Å². The molecule has 0 saturated carbocycles. The third-order valence-electron chi connectivity index (χ3n) is 4.93. The number of carbonyl (C=O) groups excluding carboxylic acids is 3. The van der Waals surface area contributed by atoms with Crippen LogP contribution in [0.15, 0.2) is 22.5 Å². The average Bonchev–Trinajstić information content (AvgIpc) is 3.24. The number of allylic oxidation sites excluding steroid dienone is 1. The first kappa shape index (κ1) is 24.8. The van der Waals surface area contributed by atoms with E-state index in [0.717, 1.165) is 10.8 Å². The van der Waals surface area contributed by atoms with E-state index < -0.39 is 24.2 Å². The van der Waals surface area contributed by atoms with E-state index in [2.05, 4.69) is 33.2 Å². The van der Waals surface area contributed by atoms with Crippen LogP contribution in [0, 0.1) is 5.92 Å². The molecule has 2 N–H and O–H groups in total. The summed E-state index contributed by atoms with van der Waals surface area (Å²) in [5.74, 6) is 0.0602. The molecular weight excluding hydrogens is 468 g/mol. The van der Waals surface area contributed by atoms with E-state index in [-0.39, 0.29) is 30.7 Å². The van der Waals surface area contributed by atoms with Crippen LogP contribution in [-0.4, -0.2) is 57.5 Å². The van der Waals surface area contributed by atoms with E-state index in [1.165, 1.54) is 11.3 Å². The maximum Gasteiger partial charge on any atom is 0.329 e. The van der Waals surface area contributed by atoms with Crippen molar-refractivity contribution >= 4 is 58.6 Å². The van der Waals surface area contributed by atoms with E-state index >= 15 is 0 Å². The summed E-state index contributed by atoms with van der Waals surface area (Å²) in [5, 5.41) is 9.00. The number of aliphatic imine (C=N–C) groups is 1. The molecule has 1 aromatic heterocycles. The molecule has 0 aromatic carbocycles. The lowest BCUT2D eigenvalue weighted by Gasteiger charge is -2.26. The molecule has 0 aliphatic carbocycles. The van der Waals surface area contributed by atoms with Gasteiger partial charge in [-0.15, -0.1) is 23.1 Å². The van der Waals surface area contributed by atoms with Crippen molar-refractivity contribution in [2.45, 2.75) is 57.8 Å². The summed E-state index contributed by atoms with van der Waals surface area (Å²) in [6.07, 6.45) is 4.05. The van der Waals surface area contributed by atoms with Gasteiger partial charge in [-0.3, -0.25) is 14.6 Å². The van der Waals surface area contributed by atoms with Crippen molar-refractivity contribution in [3.05, 3.63) is 28.2 Å². The Bertz CT molecular complexity index is 899. The number of hydrogen-bond donors (Lipinski definition) is 3. The molecule has 174 valence electrons.